The predicted molar refractivity (Wildman–Crippen MR) is 104 cm³/mol. The summed E-state index contributed by atoms with van der Waals surface area (Å²) in [5.41, 5.74) is 0.128. The van der Waals surface area contributed by atoms with Crippen molar-refractivity contribution in [2.24, 2.45) is 0 Å². The van der Waals surface area contributed by atoms with Crippen molar-refractivity contribution < 1.29 is 13.2 Å². The lowest BCUT2D eigenvalue weighted by atomic mass is 10.1. The smallest absolute Gasteiger partial charge is 0.252 e. The summed E-state index contributed by atoms with van der Waals surface area (Å²) in [5.74, 6) is -0.452. The van der Waals surface area contributed by atoms with E-state index in [1.807, 2.05) is 6.92 Å². The van der Waals surface area contributed by atoms with Crippen molar-refractivity contribution in [1.29, 1.82) is 0 Å². The van der Waals surface area contributed by atoms with Crippen LogP contribution in [0.4, 0.5) is 0 Å². The number of carbonyl (C=O) groups is 1. The molecular formula is C19H23N3O4S. The van der Waals surface area contributed by atoms with E-state index in [4.69, 9.17) is 0 Å². The molecule has 1 unspecified atom stereocenters. The normalized spacial score (nSPS) is 18.3. The third kappa shape index (κ3) is 3.81. The number of benzene rings is 1. The van der Waals surface area contributed by atoms with Crippen LogP contribution in [0.5, 0.6) is 0 Å². The van der Waals surface area contributed by atoms with E-state index in [1.54, 1.807) is 0 Å². The highest BCUT2D eigenvalue weighted by Crippen LogP contribution is 2.27. The molecule has 2 aromatic rings. The standard InChI is InChI=1S/C19H23N3O4S/c1-3-9-20-19(24)16-12-18(23)21-17-8-7-14(11-15(16)17)27(25,26)22-10-5-4-6-13(22)2/h3,7-8,11-13H,1,4-6,9-10H2,2H3,(H,20,24)(H,21,23). The molecule has 1 aliphatic rings. The van der Waals surface area contributed by atoms with Crippen LogP contribution in [-0.2, 0) is 10.0 Å². The Balaban J connectivity index is 2.11. The molecule has 1 amide bonds. The van der Waals surface area contributed by atoms with Crippen molar-refractivity contribution >= 4 is 26.8 Å². The van der Waals surface area contributed by atoms with Crippen LogP contribution in [0, 0.1) is 0 Å². The van der Waals surface area contributed by atoms with Gasteiger partial charge in [0.2, 0.25) is 15.6 Å². The second-order valence-electron chi connectivity index (χ2n) is 6.71. The molecule has 2 N–H and O–H groups in total. The number of fused-ring (bicyclic) bond motifs is 1. The van der Waals surface area contributed by atoms with E-state index in [0.29, 0.717) is 17.4 Å². The summed E-state index contributed by atoms with van der Waals surface area (Å²) >= 11 is 0. The van der Waals surface area contributed by atoms with Crippen molar-refractivity contribution in [3.63, 3.8) is 0 Å². The summed E-state index contributed by atoms with van der Waals surface area (Å²) in [4.78, 5) is 27.0. The zero-order valence-corrected chi connectivity index (χ0v) is 16.0. The number of aromatic amines is 1. The van der Waals surface area contributed by atoms with Gasteiger partial charge in [-0.15, -0.1) is 6.58 Å². The molecule has 0 bridgehead atoms. The van der Waals surface area contributed by atoms with Gasteiger partial charge in [0.1, 0.15) is 0 Å². The zero-order valence-electron chi connectivity index (χ0n) is 15.2. The van der Waals surface area contributed by atoms with Crippen LogP contribution in [0.2, 0.25) is 0 Å². The zero-order chi connectivity index (χ0) is 19.6. The lowest BCUT2D eigenvalue weighted by Crippen LogP contribution is -2.41. The number of hydrogen-bond acceptors (Lipinski definition) is 4. The first-order valence-electron chi connectivity index (χ1n) is 8.92. The maximum Gasteiger partial charge on any atom is 0.252 e. The number of hydrogen-bond donors (Lipinski definition) is 2. The summed E-state index contributed by atoms with van der Waals surface area (Å²) in [5, 5.41) is 3.02. The van der Waals surface area contributed by atoms with Gasteiger partial charge in [-0.25, -0.2) is 8.42 Å². The number of pyridine rings is 1. The number of nitrogens with zero attached hydrogens (tertiary/aromatic N) is 1. The van der Waals surface area contributed by atoms with Gasteiger partial charge in [0.05, 0.1) is 10.5 Å². The highest BCUT2D eigenvalue weighted by Gasteiger charge is 2.31. The third-order valence-electron chi connectivity index (χ3n) is 4.81. The molecule has 144 valence electrons. The van der Waals surface area contributed by atoms with Crippen LogP contribution >= 0.6 is 0 Å². The summed E-state index contributed by atoms with van der Waals surface area (Å²) < 4.78 is 27.7. The number of sulfonamides is 1. The highest BCUT2D eigenvalue weighted by atomic mass is 32.2. The van der Waals surface area contributed by atoms with Crippen molar-refractivity contribution in [3.8, 4) is 0 Å². The fourth-order valence-corrected chi connectivity index (χ4v) is 5.13. The Kier molecular flexibility index (Phi) is 5.48. The molecule has 1 fully saturated rings. The van der Waals surface area contributed by atoms with Crippen molar-refractivity contribution in [3.05, 3.63) is 52.8 Å². The Hall–Kier alpha value is -2.45. The van der Waals surface area contributed by atoms with Gasteiger partial charge in [0.25, 0.3) is 5.91 Å². The number of rotatable bonds is 5. The second kappa shape index (κ2) is 7.66. The first kappa shape index (κ1) is 19.3. The van der Waals surface area contributed by atoms with Gasteiger partial charge in [-0.1, -0.05) is 12.5 Å². The molecule has 1 saturated heterocycles. The van der Waals surface area contributed by atoms with E-state index in [2.05, 4.69) is 16.9 Å². The minimum absolute atomic E-state index is 0.0645. The Morgan fingerprint density at radius 1 is 1.37 bits per heavy atom. The average molecular weight is 389 g/mol. The van der Waals surface area contributed by atoms with E-state index >= 15 is 0 Å². The monoisotopic (exact) mass is 389 g/mol. The molecule has 1 aromatic heterocycles. The van der Waals surface area contributed by atoms with E-state index in [-0.39, 0.29) is 23.0 Å². The molecule has 0 spiro atoms. The molecule has 27 heavy (non-hydrogen) atoms. The lowest BCUT2D eigenvalue weighted by molar-refractivity contribution is 0.0959. The van der Waals surface area contributed by atoms with Crippen LogP contribution in [0.15, 0.2) is 46.6 Å². The average Bonchev–Trinajstić information content (AvgIpc) is 2.65. The number of piperidine rings is 1. The Morgan fingerprint density at radius 2 is 2.15 bits per heavy atom. The molecule has 1 aromatic carbocycles. The molecule has 1 aliphatic heterocycles. The largest absolute Gasteiger partial charge is 0.349 e. The van der Waals surface area contributed by atoms with Crippen LogP contribution in [0.25, 0.3) is 10.9 Å². The maximum atomic E-state index is 13.1. The maximum absolute atomic E-state index is 13.1. The van der Waals surface area contributed by atoms with E-state index in [1.165, 1.54) is 34.6 Å². The Bertz CT molecular complexity index is 1040. The molecule has 7 nitrogen and oxygen atoms in total. The second-order valence-corrected chi connectivity index (χ2v) is 8.60. The summed E-state index contributed by atoms with van der Waals surface area (Å²) in [7, 11) is -3.68. The van der Waals surface area contributed by atoms with Gasteiger partial charge < -0.3 is 10.3 Å². The number of aromatic nitrogens is 1. The molecule has 2 heterocycles. The molecule has 3 rings (SSSR count). The SMILES string of the molecule is C=CCNC(=O)c1cc(=O)[nH]c2ccc(S(=O)(=O)N3CCCCC3C)cc12. The molecular weight excluding hydrogens is 366 g/mol. The van der Waals surface area contributed by atoms with Crippen molar-refractivity contribution in [2.75, 3.05) is 13.1 Å². The van der Waals surface area contributed by atoms with Gasteiger partial charge in [-0.3, -0.25) is 9.59 Å². The van der Waals surface area contributed by atoms with Gasteiger partial charge in [0.15, 0.2) is 0 Å². The Labute approximate surface area is 158 Å². The van der Waals surface area contributed by atoms with Gasteiger partial charge in [-0.2, -0.15) is 4.31 Å². The molecule has 0 radical (unpaired) electrons. The van der Waals surface area contributed by atoms with Crippen LogP contribution in [0.1, 0.15) is 36.5 Å². The van der Waals surface area contributed by atoms with E-state index in [0.717, 1.165) is 19.3 Å². The fourth-order valence-electron chi connectivity index (χ4n) is 3.41. The molecule has 1 atom stereocenters. The summed E-state index contributed by atoms with van der Waals surface area (Å²) in [6.45, 7) is 6.18. The number of amides is 1. The van der Waals surface area contributed by atoms with Crippen molar-refractivity contribution in [2.45, 2.75) is 37.1 Å². The first-order chi connectivity index (χ1) is 12.8. The topological polar surface area (TPSA) is 99.3 Å². The molecule has 0 saturated carbocycles. The van der Waals surface area contributed by atoms with E-state index < -0.39 is 21.5 Å². The van der Waals surface area contributed by atoms with Gasteiger partial charge in [0, 0.05) is 36.1 Å². The minimum atomic E-state index is -3.68. The Morgan fingerprint density at radius 3 is 2.85 bits per heavy atom. The predicted octanol–water partition coefficient (Wildman–Crippen LogP) is 2.01. The van der Waals surface area contributed by atoms with Gasteiger partial charge >= 0.3 is 0 Å². The quantitative estimate of drug-likeness (QED) is 0.764. The first-order valence-corrected chi connectivity index (χ1v) is 10.4. The lowest BCUT2D eigenvalue weighted by Gasteiger charge is -2.32. The summed E-state index contributed by atoms with van der Waals surface area (Å²) in [6, 6.07) is 5.58. The number of nitrogens with one attached hydrogen (secondary N) is 2. The highest BCUT2D eigenvalue weighted by molar-refractivity contribution is 7.89. The molecule has 0 aliphatic carbocycles. The van der Waals surface area contributed by atoms with E-state index in [9.17, 15) is 18.0 Å². The van der Waals surface area contributed by atoms with Crippen LogP contribution in [-0.4, -0.2) is 42.7 Å². The summed E-state index contributed by atoms with van der Waals surface area (Å²) in [6.07, 6.45) is 4.20. The van der Waals surface area contributed by atoms with Crippen LogP contribution < -0.4 is 10.9 Å². The van der Waals surface area contributed by atoms with Crippen molar-refractivity contribution in [1.82, 2.24) is 14.6 Å². The molecule has 8 heteroatoms. The number of H-pyrrole nitrogens is 1. The number of carbonyl (C=O) groups excluding carboxylic acids is 1. The fraction of sp³-hybridized carbons (Fsp3) is 0.368. The minimum Gasteiger partial charge on any atom is -0.349 e. The third-order valence-corrected chi connectivity index (χ3v) is 6.82. The van der Waals surface area contributed by atoms with Gasteiger partial charge in [-0.05, 0) is 38.0 Å². The van der Waals surface area contributed by atoms with Crippen LogP contribution in [0.3, 0.4) is 0 Å².